The molecule has 0 nitrogen and oxygen atoms in total. The summed E-state index contributed by atoms with van der Waals surface area (Å²) in [6.45, 7) is 27.3. The molecule has 0 N–H and O–H groups in total. The number of rotatable bonds is 2. The zero-order valence-corrected chi connectivity index (χ0v) is 33.5. The molecule has 0 atom stereocenters. The van der Waals surface area contributed by atoms with Gasteiger partial charge in [-0.3, -0.25) is 0 Å². The van der Waals surface area contributed by atoms with Crippen LogP contribution in [0.25, 0.3) is 22.3 Å². The molecule has 0 aromatic heterocycles. The zero-order chi connectivity index (χ0) is 36.4. The summed E-state index contributed by atoms with van der Waals surface area (Å²) in [4.78, 5) is -1.73. The predicted molar refractivity (Wildman–Crippen MR) is 216 cm³/mol. The molecule has 0 saturated heterocycles. The molecule has 0 saturated carbocycles. The second-order valence-electron chi connectivity index (χ2n) is 18.9. The van der Waals surface area contributed by atoms with Crippen molar-refractivity contribution in [2.75, 3.05) is 0 Å². The molecule has 0 aliphatic heterocycles. The van der Waals surface area contributed by atoms with Gasteiger partial charge in [0.1, 0.15) is 9.75 Å². The van der Waals surface area contributed by atoms with Gasteiger partial charge in [0, 0.05) is 0 Å². The summed E-state index contributed by atoms with van der Waals surface area (Å²) in [6, 6.07) is 36.4. The topological polar surface area (TPSA) is 0 Å². The van der Waals surface area contributed by atoms with Gasteiger partial charge in [-0.2, -0.15) is 0 Å². The van der Waals surface area contributed by atoms with Crippen molar-refractivity contribution in [2.45, 2.75) is 114 Å². The van der Waals surface area contributed by atoms with Crippen molar-refractivity contribution < 1.29 is 0 Å². The fourth-order valence-corrected chi connectivity index (χ4v) is 8.89. The van der Waals surface area contributed by atoms with E-state index in [-0.39, 0.29) is 21.7 Å². The van der Waals surface area contributed by atoms with Crippen LogP contribution >= 0.6 is 23.2 Å². The molecule has 0 spiro atoms. The number of benzene rings is 5. The third kappa shape index (κ3) is 5.31. The first kappa shape index (κ1) is 35.1. The summed E-state index contributed by atoms with van der Waals surface area (Å²) in [5, 5.41) is 0. The lowest BCUT2D eigenvalue weighted by molar-refractivity contribution is 0.589. The Bertz CT molecular complexity index is 1890. The molecule has 0 radical (unpaired) electrons. The van der Waals surface area contributed by atoms with Gasteiger partial charge in [0.05, 0.1) is 0 Å². The van der Waals surface area contributed by atoms with Crippen LogP contribution in [0.2, 0.25) is 0 Å². The summed E-state index contributed by atoms with van der Waals surface area (Å²) in [6.07, 6.45) is 0. The van der Waals surface area contributed by atoms with Crippen LogP contribution < -0.4 is 0 Å². The van der Waals surface area contributed by atoms with Crippen LogP contribution in [0.15, 0.2) is 97.1 Å². The second-order valence-corrected chi connectivity index (χ2v) is 20.1. The molecule has 0 unspecified atom stereocenters. The highest BCUT2D eigenvalue weighted by atomic mass is 35.5. The molecule has 2 heteroatoms. The van der Waals surface area contributed by atoms with Crippen LogP contribution in [0.3, 0.4) is 0 Å². The molecule has 2 aliphatic rings. The van der Waals surface area contributed by atoms with Crippen molar-refractivity contribution in [1.29, 1.82) is 0 Å². The van der Waals surface area contributed by atoms with Crippen LogP contribution in [0, 0.1) is 0 Å². The summed E-state index contributed by atoms with van der Waals surface area (Å²) >= 11 is 16.2. The molecule has 5 aromatic rings. The van der Waals surface area contributed by atoms with Gasteiger partial charge in [-0.1, -0.05) is 180 Å². The Hall–Kier alpha value is -3.32. The number of hydrogen-bond acceptors (Lipinski definition) is 0. The Labute approximate surface area is 311 Å². The molecule has 0 fully saturated rings. The third-order valence-electron chi connectivity index (χ3n) is 11.3. The van der Waals surface area contributed by atoms with E-state index in [9.17, 15) is 0 Å². The first-order valence-corrected chi connectivity index (χ1v) is 18.9. The van der Waals surface area contributed by atoms with Crippen LogP contribution in [0.1, 0.15) is 139 Å². The fraction of sp³-hybridized carbons (Fsp3) is 0.375. The van der Waals surface area contributed by atoms with Crippen molar-refractivity contribution in [3.63, 3.8) is 0 Å². The van der Waals surface area contributed by atoms with Gasteiger partial charge in [0.15, 0.2) is 0 Å². The van der Waals surface area contributed by atoms with E-state index in [1.54, 1.807) is 0 Å². The molecule has 0 bridgehead atoms. The molecule has 5 aromatic carbocycles. The van der Waals surface area contributed by atoms with Crippen molar-refractivity contribution in [1.82, 2.24) is 0 Å². The van der Waals surface area contributed by atoms with Crippen LogP contribution in [-0.4, -0.2) is 0 Å². The minimum Gasteiger partial charge on any atom is -0.103 e. The highest BCUT2D eigenvalue weighted by molar-refractivity contribution is 6.31. The molecule has 7 rings (SSSR count). The monoisotopic (exact) mass is 698 g/mol. The van der Waals surface area contributed by atoms with Gasteiger partial charge < -0.3 is 0 Å². The van der Waals surface area contributed by atoms with E-state index in [1.165, 1.54) is 44.5 Å². The maximum Gasteiger partial charge on any atom is 0.121 e. The third-order valence-corrected chi connectivity index (χ3v) is 12.5. The number of alkyl halides is 2. The predicted octanol–water partition coefficient (Wildman–Crippen LogP) is 13.9. The van der Waals surface area contributed by atoms with E-state index in [0.29, 0.717) is 0 Å². The Morgan fingerprint density at radius 3 is 0.800 bits per heavy atom. The average Bonchev–Trinajstić information content (AvgIpc) is 3.45. The van der Waals surface area contributed by atoms with Crippen LogP contribution in [-0.2, 0) is 31.4 Å². The molecule has 0 heterocycles. The lowest BCUT2D eigenvalue weighted by atomic mass is 9.80. The number of fused-ring (bicyclic) bond motifs is 6. The van der Waals surface area contributed by atoms with E-state index in [0.717, 1.165) is 33.4 Å². The number of halogens is 2. The maximum absolute atomic E-state index is 8.11. The van der Waals surface area contributed by atoms with E-state index in [1.807, 2.05) is 0 Å². The fourth-order valence-electron chi connectivity index (χ4n) is 8.00. The first-order chi connectivity index (χ1) is 23.1. The Morgan fingerprint density at radius 2 is 0.580 bits per heavy atom. The minimum absolute atomic E-state index is 0.0162. The highest BCUT2D eigenvalue weighted by Gasteiger charge is 2.47. The van der Waals surface area contributed by atoms with Crippen LogP contribution in [0.5, 0.6) is 0 Å². The summed E-state index contributed by atoms with van der Waals surface area (Å²) in [5.41, 5.74) is 16.8. The zero-order valence-electron chi connectivity index (χ0n) is 32.0. The van der Waals surface area contributed by atoms with Gasteiger partial charge in [-0.15, -0.1) is 23.2 Å². The normalized spacial score (nSPS) is 16.1. The minimum atomic E-state index is -0.864. The standard InChI is InChI=1S/C48H52Cl2/c1-43(2,3)29-16-20-39-35(25-29)36-26-30(44(4,5)6)17-21-40(36)47(39,49)33-14-13-15-34(24-33)48(50)41-22-18-31(45(7,8)9)27-37(41)38-28-32(46(10,11)12)19-23-42(38)48/h13-28H,1-12H3. The van der Waals surface area contributed by atoms with E-state index in [4.69, 9.17) is 23.2 Å². The van der Waals surface area contributed by atoms with Gasteiger partial charge in [-0.25, -0.2) is 0 Å². The Kier molecular flexibility index (Phi) is 7.78. The SMILES string of the molecule is CC(C)(C)c1ccc2c(c1)-c1cc(C(C)(C)C)ccc1C2(Cl)c1cccc(C2(Cl)c3ccc(C(C)(C)C)cc3-c3cc(C(C)(C)C)ccc32)c1. The van der Waals surface area contributed by atoms with Gasteiger partial charge in [0.2, 0.25) is 0 Å². The van der Waals surface area contributed by atoms with E-state index >= 15 is 0 Å². The summed E-state index contributed by atoms with van der Waals surface area (Å²) in [7, 11) is 0. The van der Waals surface area contributed by atoms with Gasteiger partial charge in [0.25, 0.3) is 0 Å². The smallest absolute Gasteiger partial charge is 0.103 e. The lowest BCUT2D eigenvalue weighted by Gasteiger charge is -2.31. The number of hydrogen-bond donors (Lipinski definition) is 0. The Morgan fingerprint density at radius 1 is 0.340 bits per heavy atom. The van der Waals surface area contributed by atoms with Crippen LogP contribution in [0.4, 0.5) is 0 Å². The molecular formula is C48H52Cl2. The quantitative estimate of drug-likeness (QED) is 0.161. The van der Waals surface area contributed by atoms with E-state index in [2.05, 4.69) is 180 Å². The molecule has 258 valence electrons. The van der Waals surface area contributed by atoms with Crippen molar-refractivity contribution in [3.05, 3.63) is 153 Å². The highest BCUT2D eigenvalue weighted by Crippen LogP contribution is 2.59. The maximum atomic E-state index is 8.11. The Balaban J connectivity index is 1.46. The second kappa shape index (κ2) is 11.1. The lowest BCUT2D eigenvalue weighted by Crippen LogP contribution is -2.24. The molecule has 2 aliphatic carbocycles. The molecule has 50 heavy (non-hydrogen) atoms. The first-order valence-electron chi connectivity index (χ1n) is 18.2. The largest absolute Gasteiger partial charge is 0.121 e. The summed E-state index contributed by atoms with van der Waals surface area (Å²) < 4.78 is 0. The van der Waals surface area contributed by atoms with Crippen molar-refractivity contribution >= 4 is 23.2 Å². The van der Waals surface area contributed by atoms with Crippen molar-refractivity contribution in [2.24, 2.45) is 0 Å². The summed E-state index contributed by atoms with van der Waals surface area (Å²) in [5.74, 6) is 0. The average molecular weight is 700 g/mol. The van der Waals surface area contributed by atoms with Crippen molar-refractivity contribution in [3.8, 4) is 22.3 Å². The van der Waals surface area contributed by atoms with E-state index < -0.39 is 9.75 Å². The molecular weight excluding hydrogens is 647 g/mol. The van der Waals surface area contributed by atoms with Gasteiger partial charge >= 0.3 is 0 Å². The molecule has 0 amide bonds. The van der Waals surface area contributed by atoms with Gasteiger partial charge in [-0.05, 0) is 99.5 Å².